The van der Waals surface area contributed by atoms with Crippen molar-refractivity contribution in [3.63, 3.8) is 0 Å². The zero-order valence-corrected chi connectivity index (χ0v) is 14.6. The predicted octanol–water partition coefficient (Wildman–Crippen LogP) is 4.22. The first-order valence-corrected chi connectivity index (χ1v) is 8.01. The number of carbonyl (C=O) groups excluding carboxylic acids is 2. The molecule has 0 unspecified atom stereocenters. The van der Waals surface area contributed by atoms with E-state index in [0.29, 0.717) is 11.5 Å². The summed E-state index contributed by atoms with van der Waals surface area (Å²) in [5.74, 6) is -0.547. The maximum atomic E-state index is 12.1. The van der Waals surface area contributed by atoms with Gasteiger partial charge in [-0.3, -0.25) is 4.79 Å². The number of amides is 1. The Labute approximate surface area is 142 Å². The second-order valence-electron chi connectivity index (χ2n) is 6.24. The normalized spacial score (nSPS) is 10.5. The predicted molar refractivity (Wildman–Crippen MR) is 95.4 cm³/mol. The van der Waals surface area contributed by atoms with Crippen LogP contribution in [0.2, 0.25) is 0 Å². The number of benzene rings is 2. The third-order valence-electron chi connectivity index (χ3n) is 3.65. The van der Waals surface area contributed by atoms with E-state index in [0.717, 1.165) is 22.4 Å². The monoisotopic (exact) mass is 325 g/mol. The molecule has 0 saturated heterocycles. The highest BCUT2D eigenvalue weighted by Gasteiger charge is 2.13. The maximum absolute atomic E-state index is 12.1. The number of hydrogen-bond donors (Lipinski definition) is 1. The van der Waals surface area contributed by atoms with Gasteiger partial charge in [0, 0.05) is 5.69 Å². The topological polar surface area (TPSA) is 55.4 Å². The first-order chi connectivity index (χ1) is 11.4. The summed E-state index contributed by atoms with van der Waals surface area (Å²) in [5.41, 5.74) is 4.23. The third-order valence-corrected chi connectivity index (χ3v) is 3.65. The van der Waals surface area contributed by atoms with Crippen molar-refractivity contribution in [3.8, 4) is 0 Å². The molecule has 2 rings (SSSR count). The molecule has 0 radical (unpaired) electrons. The Morgan fingerprint density at radius 3 is 2.29 bits per heavy atom. The van der Waals surface area contributed by atoms with Gasteiger partial charge in [-0.25, -0.2) is 4.79 Å². The number of esters is 1. The van der Waals surface area contributed by atoms with Crippen LogP contribution in [0.15, 0.2) is 42.5 Å². The molecule has 126 valence electrons. The van der Waals surface area contributed by atoms with Gasteiger partial charge in [0.25, 0.3) is 5.91 Å². The van der Waals surface area contributed by atoms with Crippen molar-refractivity contribution in [1.82, 2.24) is 0 Å². The van der Waals surface area contributed by atoms with Crippen molar-refractivity contribution < 1.29 is 14.3 Å². The maximum Gasteiger partial charge on any atom is 0.338 e. The van der Waals surface area contributed by atoms with Gasteiger partial charge in [0.15, 0.2) is 6.61 Å². The fraction of sp³-hybridized carbons (Fsp3) is 0.300. The van der Waals surface area contributed by atoms with E-state index in [1.54, 1.807) is 12.1 Å². The quantitative estimate of drug-likeness (QED) is 0.837. The van der Waals surface area contributed by atoms with Crippen LogP contribution in [0, 0.1) is 13.8 Å². The number of rotatable bonds is 5. The van der Waals surface area contributed by atoms with Crippen molar-refractivity contribution in [2.75, 3.05) is 11.9 Å². The van der Waals surface area contributed by atoms with Crippen LogP contribution in [0.3, 0.4) is 0 Å². The minimum Gasteiger partial charge on any atom is -0.452 e. The molecule has 0 spiro atoms. The lowest BCUT2D eigenvalue weighted by Crippen LogP contribution is -2.21. The Bertz CT molecular complexity index is 730. The van der Waals surface area contributed by atoms with Gasteiger partial charge in [0.05, 0.1) is 5.56 Å². The van der Waals surface area contributed by atoms with E-state index in [2.05, 4.69) is 19.2 Å². The minimum absolute atomic E-state index is 0.291. The van der Waals surface area contributed by atoms with Crippen LogP contribution in [0.25, 0.3) is 0 Å². The van der Waals surface area contributed by atoms with E-state index in [9.17, 15) is 9.59 Å². The van der Waals surface area contributed by atoms with Crippen molar-refractivity contribution in [2.45, 2.75) is 33.6 Å². The largest absolute Gasteiger partial charge is 0.452 e. The summed E-state index contributed by atoms with van der Waals surface area (Å²) < 4.78 is 5.12. The number of anilines is 1. The Morgan fingerprint density at radius 2 is 1.67 bits per heavy atom. The molecular formula is C20H23NO3. The zero-order valence-electron chi connectivity index (χ0n) is 14.6. The lowest BCUT2D eigenvalue weighted by Gasteiger charge is -2.13. The number of hydrogen-bond acceptors (Lipinski definition) is 3. The van der Waals surface area contributed by atoms with Crippen molar-refractivity contribution in [2.24, 2.45) is 0 Å². The van der Waals surface area contributed by atoms with Crippen LogP contribution < -0.4 is 5.32 Å². The second kappa shape index (κ2) is 7.77. The van der Waals surface area contributed by atoms with Gasteiger partial charge < -0.3 is 10.1 Å². The van der Waals surface area contributed by atoms with Crippen LogP contribution >= 0.6 is 0 Å². The van der Waals surface area contributed by atoms with Gasteiger partial charge in [-0.2, -0.15) is 0 Å². The van der Waals surface area contributed by atoms with E-state index in [1.807, 2.05) is 44.2 Å². The summed E-state index contributed by atoms with van der Waals surface area (Å²) in [5, 5.41) is 2.81. The van der Waals surface area contributed by atoms with Crippen LogP contribution in [0.5, 0.6) is 0 Å². The molecule has 2 aromatic carbocycles. The highest BCUT2D eigenvalue weighted by atomic mass is 16.5. The number of ether oxygens (including phenoxy) is 1. The molecule has 4 heteroatoms. The average Bonchev–Trinajstić information content (AvgIpc) is 2.52. The fourth-order valence-electron chi connectivity index (χ4n) is 2.61. The highest BCUT2D eigenvalue weighted by molar-refractivity contribution is 5.96. The third kappa shape index (κ3) is 4.69. The summed E-state index contributed by atoms with van der Waals surface area (Å²) >= 11 is 0. The summed E-state index contributed by atoms with van der Waals surface area (Å²) in [6, 6.07) is 13.1. The van der Waals surface area contributed by atoms with Crippen LogP contribution in [0.4, 0.5) is 5.69 Å². The van der Waals surface area contributed by atoms with E-state index in [4.69, 9.17) is 4.74 Å². The molecule has 0 saturated carbocycles. The van der Waals surface area contributed by atoms with Gasteiger partial charge in [0.1, 0.15) is 0 Å². The molecule has 1 amide bonds. The van der Waals surface area contributed by atoms with E-state index < -0.39 is 5.97 Å². The molecule has 0 aliphatic heterocycles. The highest BCUT2D eigenvalue weighted by Crippen LogP contribution is 2.23. The average molecular weight is 325 g/mol. The lowest BCUT2D eigenvalue weighted by atomic mass is 10.0. The van der Waals surface area contributed by atoms with E-state index >= 15 is 0 Å². The molecule has 1 N–H and O–H groups in total. The number of para-hydroxylation sites is 1. The summed E-state index contributed by atoms with van der Waals surface area (Å²) in [4.78, 5) is 24.1. The van der Waals surface area contributed by atoms with Gasteiger partial charge in [-0.15, -0.1) is 0 Å². The Kier molecular flexibility index (Phi) is 5.74. The first kappa shape index (κ1) is 17.7. The Balaban J connectivity index is 1.97. The molecule has 24 heavy (non-hydrogen) atoms. The van der Waals surface area contributed by atoms with Gasteiger partial charge >= 0.3 is 5.97 Å². The molecule has 0 aliphatic rings. The van der Waals surface area contributed by atoms with Gasteiger partial charge in [-0.1, -0.05) is 49.2 Å². The molecule has 0 aromatic heterocycles. The zero-order chi connectivity index (χ0) is 17.7. The van der Waals surface area contributed by atoms with Crippen LogP contribution in [0.1, 0.15) is 46.8 Å². The lowest BCUT2D eigenvalue weighted by molar-refractivity contribution is -0.119. The first-order valence-electron chi connectivity index (χ1n) is 8.01. The van der Waals surface area contributed by atoms with Gasteiger partial charge in [0.2, 0.25) is 0 Å². The smallest absolute Gasteiger partial charge is 0.338 e. The molecule has 4 nitrogen and oxygen atoms in total. The van der Waals surface area contributed by atoms with Crippen LogP contribution in [-0.2, 0) is 9.53 Å². The summed E-state index contributed by atoms with van der Waals surface area (Å²) in [7, 11) is 0. The SMILES string of the molecule is Cc1cc(C)cc(C(=O)OCC(=O)Nc2ccccc2C(C)C)c1. The summed E-state index contributed by atoms with van der Waals surface area (Å²) in [6.07, 6.45) is 0. The Hall–Kier alpha value is -2.62. The summed E-state index contributed by atoms with van der Waals surface area (Å²) in [6.45, 7) is 7.65. The molecule has 0 heterocycles. The standard InChI is InChI=1S/C20H23NO3/c1-13(2)17-7-5-6-8-18(17)21-19(22)12-24-20(23)16-10-14(3)9-15(4)11-16/h5-11,13H,12H2,1-4H3,(H,21,22). The number of carbonyl (C=O) groups is 2. The molecule has 0 bridgehead atoms. The van der Waals surface area contributed by atoms with E-state index in [-0.39, 0.29) is 12.5 Å². The number of aryl methyl sites for hydroxylation is 2. The molecule has 0 aliphatic carbocycles. The Morgan fingerprint density at radius 1 is 1.04 bits per heavy atom. The van der Waals surface area contributed by atoms with Crippen molar-refractivity contribution >= 4 is 17.6 Å². The van der Waals surface area contributed by atoms with Crippen molar-refractivity contribution in [1.29, 1.82) is 0 Å². The number of nitrogens with one attached hydrogen (secondary N) is 1. The minimum atomic E-state index is -0.492. The molecule has 0 fully saturated rings. The molecule has 0 atom stereocenters. The van der Waals surface area contributed by atoms with E-state index in [1.165, 1.54) is 0 Å². The molecular weight excluding hydrogens is 302 g/mol. The van der Waals surface area contributed by atoms with Crippen LogP contribution in [-0.4, -0.2) is 18.5 Å². The second-order valence-corrected chi connectivity index (χ2v) is 6.24. The fourth-order valence-corrected chi connectivity index (χ4v) is 2.61. The van der Waals surface area contributed by atoms with Gasteiger partial charge in [-0.05, 0) is 43.5 Å². The van der Waals surface area contributed by atoms with Crippen molar-refractivity contribution in [3.05, 3.63) is 64.7 Å². The molecule has 2 aromatic rings.